The molecule has 1 aromatic rings. The third-order valence-corrected chi connectivity index (χ3v) is 10.4. The van der Waals surface area contributed by atoms with Gasteiger partial charge in [-0.1, -0.05) is 55.5 Å². The van der Waals surface area contributed by atoms with Gasteiger partial charge in [-0.05, 0) is 69.7 Å². The second-order valence-electron chi connectivity index (χ2n) is 10.5. The molecule has 0 saturated carbocycles. The zero-order chi connectivity index (χ0) is 23.9. The molecule has 2 atom stereocenters. The number of hydrogen-bond acceptors (Lipinski definition) is 4. The number of nitrogens with zero attached hydrogens (tertiary/aromatic N) is 1. The Morgan fingerprint density at radius 1 is 1.18 bits per heavy atom. The number of sulfone groups is 1. The second kappa shape index (κ2) is 8.58. The minimum Gasteiger partial charge on any atom is -0.331 e. The molecule has 2 unspecified atom stereocenters. The van der Waals surface area contributed by atoms with Crippen LogP contribution in [-0.4, -0.2) is 61.1 Å². The van der Waals surface area contributed by atoms with Crippen LogP contribution in [0.1, 0.15) is 52.0 Å². The standard InChI is InChI=1S/C26H37N3O3S/c1-5-25(19-29-17-13-22(25)14-18-29)28-23(30)27-24(2,3)26(33(4,31)32)15-11-21(12-16-26)20-9-7-6-8-10-20/h6-12,15,22H,5,13-14,16-19H2,1-4H3,(H2,27,28,30). The van der Waals surface area contributed by atoms with Crippen molar-refractivity contribution in [3.05, 3.63) is 54.1 Å². The molecule has 5 rings (SSSR count). The average Bonchev–Trinajstić information content (AvgIpc) is 2.79. The van der Waals surface area contributed by atoms with Crippen molar-refractivity contribution in [3.63, 3.8) is 0 Å². The summed E-state index contributed by atoms with van der Waals surface area (Å²) in [6, 6.07) is 9.63. The summed E-state index contributed by atoms with van der Waals surface area (Å²) in [7, 11) is -3.54. The van der Waals surface area contributed by atoms with E-state index in [0.29, 0.717) is 12.3 Å². The van der Waals surface area contributed by atoms with E-state index in [-0.39, 0.29) is 11.6 Å². The van der Waals surface area contributed by atoms with Gasteiger partial charge in [0.2, 0.25) is 0 Å². The predicted octanol–water partition coefficient (Wildman–Crippen LogP) is 3.77. The Kier molecular flexibility index (Phi) is 6.25. The fourth-order valence-electron chi connectivity index (χ4n) is 6.12. The number of hydrogen-bond donors (Lipinski definition) is 2. The fourth-order valence-corrected chi connectivity index (χ4v) is 7.80. The molecule has 1 aliphatic carbocycles. The van der Waals surface area contributed by atoms with Crippen LogP contribution >= 0.6 is 0 Å². The van der Waals surface area contributed by atoms with Gasteiger partial charge in [0.25, 0.3) is 0 Å². The van der Waals surface area contributed by atoms with Crippen LogP contribution in [0, 0.1) is 5.92 Å². The van der Waals surface area contributed by atoms with E-state index in [9.17, 15) is 13.2 Å². The van der Waals surface area contributed by atoms with Crippen LogP contribution < -0.4 is 10.6 Å². The van der Waals surface area contributed by atoms with Crippen molar-refractivity contribution in [3.8, 4) is 0 Å². The summed E-state index contributed by atoms with van der Waals surface area (Å²) in [6.07, 6.45) is 10.2. The Morgan fingerprint density at radius 3 is 2.33 bits per heavy atom. The highest BCUT2D eigenvalue weighted by molar-refractivity contribution is 7.92. The molecule has 2 bridgehead atoms. The minimum absolute atomic E-state index is 0.252. The number of carbonyl (C=O) groups is 1. The lowest BCUT2D eigenvalue weighted by Gasteiger charge is -2.54. The molecular weight excluding hydrogens is 434 g/mol. The molecule has 0 spiro atoms. The largest absolute Gasteiger partial charge is 0.331 e. The van der Waals surface area contributed by atoms with Gasteiger partial charge >= 0.3 is 6.03 Å². The van der Waals surface area contributed by atoms with Gasteiger partial charge in [0, 0.05) is 12.8 Å². The first-order valence-electron chi connectivity index (χ1n) is 12.0. The molecule has 7 heteroatoms. The van der Waals surface area contributed by atoms with Crippen molar-refractivity contribution in [2.45, 2.75) is 62.3 Å². The van der Waals surface area contributed by atoms with Crippen LogP contribution in [0.2, 0.25) is 0 Å². The number of nitrogens with one attached hydrogen (secondary N) is 2. The number of rotatable bonds is 6. The van der Waals surface area contributed by atoms with Gasteiger partial charge in [-0.2, -0.15) is 0 Å². The first kappa shape index (κ1) is 24.0. The first-order chi connectivity index (χ1) is 15.5. The summed E-state index contributed by atoms with van der Waals surface area (Å²) in [5, 5.41) is 6.35. The smallest absolute Gasteiger partial charge is 0.315 e. The SMILES string of the molecule is CCC1(NC(=O)NC(C)(C)C2(S(C)(=O)=O)C=CC(c3ccccc3)=CC2)CN2CCC1CC2. The average molecular weight is 472 g/mol. The van der Waals surface area contributed by atoms with Crippen LogP contribution in [0.3, 0.4) is 0 Å². The lowest BCUT2D eigenvalue weighted by atomic mass is 9.71. The monoisotopic (exact) mass is 471 g/mol. The van der Waals surface area contributed by atoms with Crippen molar-refractivity contribution >= 4 is 21.4 Å². The number of fused-ring (bicyclic) bond motifs is 3. The maximum Gasteiger partial charge on any atom is 0.315 e. The van der Waals surface area contributed by atoms with Crippen LogP contribution in [0.5, 0.6) is 0 Å². The highest BCUT2D eigenvalue weighted by atomic mass is 32.2. The van der Waals surface area contributed by atoms with Gasteiger partial charge in [0.15, 0.2) is 9.84 Å². The van der Waals surface area contributed by atoms with E-state index in [1.165, 1.54) is 6.26 Å². The molecule has 4 aliphatic rings. The number of amides is 2. The highest BCUT2D eigenvalue weighted by Gasteiger charge is 2.53. The Labute approximate surface area is 198 Å². The van der Waals surface area contributed by atoms with Gasteiger partial charge < -0.3 is 15.5 Å². The minimum atomic E-state index is -3.54. The highest BCUT2D eigenvalue weighted by Crippen LogP contribution is 2.41. The summed E-state index contributed by atoms with van der Waals surface area (Å²) < 4.78 is 25.0. The molecule has 6 nitrogen and oxygen atoms in total. The first-order valence-corrected chi connectivity index (χ1v) is 13.9. The van der Waals surface area contributed by atoms with E-state index in [4.69, 9.17) is 0 Å². The van der Waals surface area contributed by atoms with Crippen LogP contribution in [0.25, 0.3) is 5.57 Å². The molecule has 3 fully saturated rings. The quantitative estimate of drug-likeness (QED) is 0.662. The van der Waals surface area contributed by atoms with Crippen molar-refractivity contribution in [2.75, 3.05) is 25.9 Å². The summed E-state index contributed by atoms with van der Waals surface area (Å²) in [5.41, 5.74) is 0.777. The maximum absolute atomic E-state index is 13.3. The van der Waals surface area contributed by atoms with E-state index in [0.717, 1.165) is 50.0 Å². The number of piperidine rings is 3. The van der Waals surface area contributed by atoms with Crippen LogP contribution in [-0.2, 0) is 9.84 Å². The van der Waals surface area contributed by atoms with E-state index in [2.05, 4.69) is 22.5 Å². The van der Waals surface area contributed by atoms with Crippen molar-refractivity contribution in [1.29, 1.82) is 0 Å². The molecule has 3 aliphatic heterocycles. The summed E-state index contributed by atoms with van der Waals surface area (Å²) in [5.74, 6) is 0.469. The lowest BCUT2D eigenvalue weighted by Crippen LogP contribution is -2.71. The molecule has 0 radical (unpaired) electrons. The third-order valence-electron chi connectivity index (χ3n) is 8.28. The van der Waals surface area contributed by atoms with E-state index >= 15 is 0 Å². The summed E-state index contributed by atoms with van der Waals surface area (Å²) in [4.78, 5) is 15.7. The summed E-state index contributed by atoms with van der Waals surface area (Å²) >= 11 is 0. The number of urea groups is 1. The van der Waals surface area contributed by atoms with Crippen LogP contribution in [0.4, 0.5) is 4.79 Å². The van der Waals surface area contributed by atoms with Gasteiger partial charge in [-0.25, -0.2) is 13.2 Å². The molecule has 180 valence electrons. The maximum atomic E-state index is 13.3. The lowest BCUT2D eigenvalue weighted by molar-refractivity contribution is 0.00976. The van der Waals surface area contributed by atoms with E-state index in [1.807, 2.05) is 56.3 Å². The van der Waals surface area contributed by atoms with Gasteiger partial charge in [0.05, 0.1) is 11.1 Å². The molecule has 33 heavy (non-hydrogen) atoms. The molecule has 2 amide bonds. The van der Waals surface area contributed by atoms with Gasteiger partial charge in [-0.15, -0.1) is 0 Å². The number of benzene rings is 1. The third kappa shape index (κ3) is 4.26. The van der Waals surface area contributed by atoms with E-state index < -0.39 is 20.1 Å². The zero-order valence-electron chi connectivity index (χ0n) is 20.2. The Morgan fingerprint density at radius 2 is 1.85 bits per heavy atom. The predicted molar refractivity (Wildman–Crippen MR) is 134 cm³/mol. The van der Waals surface area contributed by atoms with Gasteiger partial charge in [-0.3, -0.25) is 0 Å². The topological polar surface area (TPSA) is 78.5 Å². The second-order valence-corrected chi connectivity index (χ2v) is 12.8. The molecule has 3 saturated heterocycles. The molecule has 0 aromatic heterocycles. The number of allylic oxidation sites excluding steroid dienone is 3. The van der Waals surface area contributed by atoms with Crippen molar-refractivity contribution in [1.82, 2.24) is 15.5 Å². The molecule has 3 heterocycles. The Balaban J connectivity index is 1.55. The number of carbonyl (C=O) groups excluding carboxylic acids is 1. The van der Waals surface area contributed by atoms with E-state index in [1.54, 1.807) is 6.08 Å². The molecular formula is C26H37N3O3S. The zero-order valence-corrected chi connectivity index (χ0v) is 21.0. The Bertz CT molecular complexity index is 1060. The van der Waals surface area contributed by atoms with Crippen molar-refractivity contribution in [2.24, 2.45) is 5.92 Å². The molecule has 2 N–H and O–H groups in total. The Hall–Kier alpha value is -2.12. The summed E-state index contributed by atoms with van der Waals surface area (Å²) in [6.45, 7) is 8.81. The van der Waals surface area contributed by atoms with Crippen LogP contribution in [0.15, 0.2) is 48.6 Å². The van der Waals surface area contributed by atoms with Crippen molar-refractivity contribution < 1.29 is 13.2 Å². The van der Waals surface area contributed by atoms with Gasteiger partial charge in [0.1, 0.15) is 4.75 Å². The molecule has 1 aromatic carbocycles. The normalized spacial score (nSPS) is 31.7. The fraction of sp³-hybridized carbons (Fsp3) is 0.577.